The Balaban J connectivity index is 1.58. The van der Waals surface area contributed by atoms with Crippen LogP contribution in [-0.4, -0.2) is 37.0 Å². The number of hydrogen-bond acceptors (Lipinski definition) is 4. The molecule has 1 aliphatic rings. The fraction of sp³-hybridized carbons (Fsp3) is 0.522. The van der Waals surface area contributed by atoms with Gasteiger partial charge in [-0.25, -0.2) is 0 Å². The number of aryl methyl sites for hydroxylation is 3. The molecule has 2 heterocycles. The molecule has 1 atom stereocenters. The molecule has 3 rings (SSSR count). The van der Waals surface area contributed by atoms with Crippen LogP contribution in [0.3, 0.4) is 0 Å². The molecule has 6 heteroatoms. The number of amides is 1. The van der Waals surface area contributed by atoms with E-state index in [0.29, 0.717) is 12.3 Å². The number of carbonyl (C=O) groups is 1. The average molecular weight is 419 g/mol. The number of nitrogens with zero attached hydrogens (tertiary/aromatic N) is 1. The summed E-state index contributed by atoms with van der Waals surface area (Å²) in [5, 5.41) is 3.75. The number of benzene rings is 1. The molecule has 1 saturated heterocycles. The predicted molar refractivity (Wildman–Crippen MR) is 116 cm³/mol. The number of piperidine rings is 1. The molecule has 0 spiro atoms. The third kappa shape index (κ3) is 5.77. The van der Waals surface area contributed by atoms with Gasteiger partial charge in [-0.05, 0) is 88.0 Å². The highest BCUT2D eigenvalue weighted by Crippen LogP contribution is 2.28. The van der Waals surface area contributed by atoms with Gasteiger partial charge in [0.05, 0.1) is 6.04 Å². The van der Waals surface area contributed by atoms with Crippen LogP contribution < -0.4 is 10.1 Å². The summed E-state index contributed by atoms with van der Waals surface area (Å²) in [5.41, 5.74) is 1.88. The minimum atomic E-state index is -0.145. The fourth-order valence-electron chi connectivity index (χ4n) is 3.78. The molecule has 1 aromatic heterocycles. The van der Waals surface area contributed by atoms with Gasteiger partial charge in [-0.2, -0.15) is 0 Å². The van der Waals surface area contributed by atoms with Crippen molar-refractivity contribution in [3.05, 3.63) is 51.9 Å². The summed E-state index contributed by atoms with van der Waals surface area (Å²) in [4.78, 5) is 14.8. The number of hydrogen-bond donors (Lipinski definition) is 1. The zero-order chi connectivity index (χ0) is 21.0. The van der Waals surface area contributed by atoms with E-state index in [1.807, 2.05) is 45.0 Å². The first kappa shape index (κ1) is 21.7. The number of likely N-dealkylation sites (tertiary alicyclic amines) is 1. The van der Waals surface area contributed by atoms with Crippen molar-refractivity contribution < 1.29 is 13.9 Å². The molecular weight excluding hydrogens is 388 g/mol. The SMILES string of the molecule is Cc1ccc([C@@H](CNC(=O)COc2cc(C)c(Cl)c(C)c2)N2CCC(C)CC2)o1. The fourth-order valence-corrected chi connectivity index (χ4v) is 3.89. The molecule has 0 saturated carbocycles. The van der Waals surface area contributed by atoms with Crippen molar-refractivity contribution in [1.29, 1.82) is 0 Å². The second kappa shape index (κ2) is 9.68. The molecule has 1 aromatic carbocycles. The van der Waals surface area contributed by atoms with Crippen molar-refractivity contribution in [2.24, 2.45) is 5.92 Å². The number of halogens is 1. The summed E-state index contributed by atoms with van der Waals surface area (Å²) >= 11 is 6.19. The van der Waals surface area contributed by atoms with Crippen molar-refractivity contribution in [2.45, 2.75) is 46.6 Å². The molecule has 1 amide bonds. The van der Waals surface area contributed by atoms with E-state index in [0.717, 1.165) is 46.7 Å². The Bertz CT molecular complexity index is 817. The molecule has 0 radical (unpaired) electrons. The summed E-state index contributed by atoms with van der Waals surface area (Å²) in [7, 11) is 0. The van der Waals surface area contributed by atoms with Gasteiger partial charge in [0.2, 0.25) is 0 Å². The maximum Gasteiger partial charge on any atom is 0.258 e. The van der Waals surface area contributed by atoms with Crippen LogP contribution in [0.4, 0.5) is 0 Å². The van der Waals surface area contributed by atoms with Crippen LogP contribution in [0.2, 0.25) is 5.02 Å². The lowest BCUT2D eigenvalue weighted by Gasteiger charge is -2.35. The van der Waals surface area contributed by atoms with Gasteiger partial charge in [0.25, 0.3) is 5.91 Å². The topological polar surface area (TPSA) is 54.7 Å². The third-order valence-electron chi connectivity index (χ3n) is 5.62. The first-order valence-electron chi connectivity index (χ1n) is 10.3. The van der Waals surface area contributed by atoms with Crippen molar-refractivity contribution in [3.8, 4) is 5.75 Å². The van der Waals surface area contributed by atoms with Gasteiger partial charge < -0.3 is 14.5 Å². The van der Waals surface area contributed by atoms with Crippen LogP contribution in [0.15, 0.2) is 28.7 Å². The molecule has 2 aromatic rings. The summed E-state index contributed by atoms with van der Waals surface area (Å²) in [5.74, 6) is 3.05. The van der Waals surface area contributed by atoms with Gasteiger partial charge in [-0.15, -0.1) is 0 Å². The van der Waals surface area contributed by atoms with Gasteiger partial charge >= 0.3 is 0 Å². The lowest BCUT2D eigenvalue weighted by molar-refractivity contribution is -0.123. The van der Waals surface area contributed by atoms with Crippen LogP contribution in [0.5, 0.6) is 5.75 Å². The molecule has 0 bridgehead atoms. The van der Waals surface area contributed by atoms with Crippen LogP contribution in [0.1, 0.15) is 48.5 Å². The van der Waals surface area contributed by atoms with E-state index in [1.165, 1.54) is 12.8 Å². The molecule has 5 nitrogen and oxygen atoms in total. The Morgan fingerprint density at radius 3 is 2.48 bits per heavy atom. The van der Waals surface area contributed by atoms with E-state index in [9.17, 15) is 4.79 Å². The maximum absolute atomic E-state index is 12.4. The van der Waals surface area contributed by atoms with E-state index in [4.69, 9.17) is 20.8 Å². The Labute approximate surface area is 178 Å². The third-order valence-corrected chi connectivity index (χ3v) is 6.22. The average Bonchev–Trinajstić information content (AvgIpc) is 3.12. The number of carbonyl (C=O) groups excluding carboxylic acids is 1. The molecule has 158 valence electrons. The lowest BCUT2D eigenvalue weighted by atomic mass is 9.97. The largest absolute Gasteiger partial charge is 0.484 e. The van der Waals surface area contributed by atoms with Crippen LogP contribution >= 0.6 is 11.6 Å². The van der Waals surface area contributed by atoms with Crippen molar-refractivity contribution in [2.75, 3.05) is 26.2 Å². The zero-order valence-corrected chi connectivity index (χ0v) is 18.5. The van der Waals surface area contributed by atoms with E-state index in [-0.39, 0.29) is 18.6 Å². The highest BCUT2D eigenvalue weighted by molar-refractivity contribution is 6.32. The quantitative estimate of drug-likeness (QED) is 0.699. The lowest BCUT2D eigenvalue weighted by Crippen LogP contribution is -2.42. The smallest absolute Gasteiger partial charge is 0.258 e. The van der Waals surface area contributed by atoms with Crippen LogP contribution in [0.25, 0.3) is 0 Å². The van der Waals surface area contributed by atoms with E-state index < -0.39 is 0 Å². The molecule has 0 aliphatic carbocycles. The number of rotatable bonds is 7. The highest BCUT2D eigenvalue weighted by atomic mass is 35.5. The minimum absolute atomic E-state index is 0.0263. The zero-order valence-electron chi connectivity index (χ0n) is 17.8. The van der Waals surface area contributed by atoms with Gasteiger partial charge in [-0.1, -0.05) is 18.5 Å². The van der Waals surface area contributed by atoms with Crippen molar-refractivity contribution >= 4 is 17.5 Å². The summed E-state index contributed by atoms with van der Waals surface area (Å²) < 4.78 is 11.6. The van der Waals surface area contributed by atoms with Gasteiger partial charge in [0.1, 0.15) is 17.3 Å². The molecule has 0 unspecified atom stereocenters. The second-order valence-electron chi connectivity index (χ2n) is 8.15. The normalized spacial score (nSPS) is 16.6. The maximum atomic E-state index is 12.4. The molecular formula is C23H31ClN2O3. The molecule has 1 aliphatic heterocycles. The molecule has 1 N–H and O–H groups in total. The van der Waals surface area contributed by atoms with E-state index >= 15 is 0 Å². The van der Waals surface area contributed by atoms with Crippen molar-refractivity contribution in [1.82, 2.24) is 10.2 Å². The standard InChI is InChI=1S/C23H31ClN2O3/c1-15-7-9-26(10-8-15)20(21-6-5-18(4)29-21)13-25-22(27)14-28-19-11-16(2)23(24)17(3)12-19/h5-6,11-12,15,20H,7-10,13-14H2,1-4H3,(H,25,27)/t20-/m1/s1. The number of ether oxygens (including phenoxy) is 1. The predicted octanol–water partition coefficient (Wildman–Crippen LogP) is 4.83. The van der Waals surface area contributed by atoms with Crippen LogP contribution in [0, 0.1) is 26.7 Å². The van der Waals surface area contributed by atoms with Crippen molar-refractivity contribution in [3.63, 3.8) is 0 Å². The van der Waals surface area contributed by atoms with Crippen LogP contribution in [-0.2, 0) is 4.79 Å². The molecule has 29 heavy (non-hydrogen) atoms. The number of nitrogens with one attached hydrogen (secondary N) is 1. The summed E-state index contributed by atoms with van der Waals surface area (Å²) in [6.45, 7) is 10.6. The molecule has 1 fully saturated rings. The van der Waals surface area contributed by atoms with E-state index in [2.05, 4.69) is 17.1 Å². The van der Waals surface area contributed by atoms with E-state index in [1.54, 1.807) is 0 Å². The van der Waals surface area contributed by atoms with Gasteiger partial charge in [0, 0.05) is 11.6 Å². The monoisotopic (exact) mass is 418 g/mol. The van der Waals surface area contributed by atoms with Gasteiger partial charge in [0.15, 0.2) is 6.61 Å². The summed E-state index contributed by atoms with van der Waals surface area (Å²) in [6, 6.07) is 7.74. The second-order valence-corrected chi connectivity index (χ2v) is 8.52. The summed E-state index contributed by atoms with van der Waals surface area (Å²) in [6.07, 6.45) is 2.34. The Hall–Kier alpha value is -1.98. The first-order valence-corrected chi connectivity index (χ1v) is 10.7. The minimum Gasteiger partial charge on any atom is -0.484 e. The Morgan fingerprint density at radius 1 is 1.24 bits per heavy atom. The Kier molecular flexibility index (Phi) is 7.25. The number of furan rings is 1. The first-order chi connectivity index (χ1) is 13.8. The highest BCUT2D eigenvalue weighted by Gasteiger charge is 2.27. The Morgan fingerprint density at radius 2 is 1.90 bits per heavy atom. The van der Waals surface area contributed by atoms with Gasteiger partial charge in [-0.3, -0.25) is 9.69 Å².